The highest BCUT2D eigenvalue weighted by Crippen LogP contribution is 2.27. The lowest BCUT2D eigenvalue weighted by atomic mass is 10.2. The fraction of sp³-hybridized carbons (Fsp3) is 0.318. The fourth-order valence-corrected chi connectivity index (χ4v) is 4.73. The monoisotopic (exact) mass is 442 g/mol. The molecule has 0 saturated carbocycles. The van der Waals surface area contributed by atoms with Crippen molar-refractivity contribution in [3.05, 3.63) is 70.5 Å². The van der Waals surface area contributed by atoms with Gasteiger partial charge >= 0.3 is 0 Å². The number of ether oxygens (including phenoxy) is 1. The molecule has 1 saturated heterocycles. The molecule has 156 valence electrons. The maximum atomic E-state index is 12.8. The van der Waals surface area contributed by atoms with Crippen LogP contribution in [0.1, 0.15) is 34.6 Å². The maximum Gasteiger partial charge on any atom is 0.278 e. The number of nitrogens with one attached hydrogen (secondary N) is 1. The fourth-order valence-electron chi connectivity index (χ4n) is 3.38. The van der Waals surface area contributed by atoms with Crippen LogP contribution in [0.15, 0.2) is 48.5 Å². The molecular formula is C22H23ClN4O2S. The lowest BCUT2D eigenvalue weighted by Crippen LogP contribution is -2.17. The lowest BCUT2D eigenvalue weighted by Gasteiger charge is -2.21. The number of carbonyl (C=O) groups is 1. The summed E-state index contributed by atoms with van der Waals surface area (Å²) in [6.45, 7) is 3.50. The Bertz CT molecular complexity index is 1030. The standard InChI is InChI=1S/C22H23ClN4O2S/c1-15-21(25-26-27(15)20-8-3-2-7-19(20)23)22(28)24-17-6-4-5-16(13-17)14-30-18-9-11-29-12-10-18/h2-8,13,18H,9-12,14H2,1H3,(H,24,28). The predicted molar refractivity (Wildman–Crippen MR) is 121 cm³/mol. The molecule has 2 heterocycles. The summed E-state index contributed by atoms with van der Waals surface area (Å²) in [6, 6.07) is 15.3. The first kappa shape index (κ1) is 20.9. The van der Waals surface area contributed by atoms with Crippen LogP contribution >= 0.6 is 23.4 Å². The zero-order chi connectivity index (χ0) is 20.9. The van der Waals surface area contributed by atoms with Gasteiger partial charge in [0, 0.05) is 29.9 Å². The highest BCUT2D eigenvalue weighted by molar-refractivity contribution is 7.99. The summed E-state index contributed by atoms with van der Waals surface area (Å²) < 4.78 is 7.00. The zero-order valence-electron chi connectivity index (χ0n) is 16.7. The summed E-state index contributed by atoms with van der Waals surface area (Å²) in [4.78, 5) is 12.8. The van der Waals surface area contributed by atoms with Crippen LogP contribution in [0.5, 0.6) is 0 Å². The number of thioether (sulfide) groups is 1. The van der Waals surface area contributed by atoms with E-state index in [1.807, 2.05) is 48.2 Å². The maximum absolute atomic E-state index is 12.8. The lowest BCUT2D eigenvalue weighted by molar-refractivity contribution is 0.0999. The Morgan fingerprint density at radius 1 is 1.23 bits per heavy atom. The minimum Gasteiger partial charge on any atom is -0.381 e. The van der Waals surface area contributed by atoms with E-state index in [4.69, 9.17) is 16.3 Å². The highest BCUT2D eigenvalue weighted by atomic mass is 35.5. The topological polar surface area (TPSA) is 69.0 Å². The van der Waals surface area contributed by atoms with Gasteiger partial charge in [-0.05, 0) is 49.6 Å². The number of anilines is 1. The van der Waals surface area contributed by atoms with Gasteiger partial charge in [0.2, 0.25) is 0 Å². The van der Waals surface area contributed by atoms with E-state index in [0.29, 0.717) is 21.7 Å². The van der Waals surface area contributed by atoms with Crippen LogP contribution in [0.4, 0.5) is 5.69 Å². The van der Waals surface area contributed by atoms with Crippen molar-refractivity contribution in [1.82, 2.24) is 15.0 Å². The molecule has 0 unspecified atom stereocenters. The second kappa shape index (κ2) is 9.64. The zero-order valence-corrected chi connectivity index (χ0v) is 18.2. The van der Waals surface area contributed by atoms with Gasteiger partial charge in [-0.3, -0.25) is 4.79 Å². The number of benzene rings is 2. The van der Waals surface area contributed by atoms with Crippen molar-refractivity contribution < 1.29 is 9.53 Å². The number of hydrogen-bond donors (Lipinski definition) is 1. The Labute approximate surface area is 185 Å². The van der Waals surface area contributed by atoms with Gasteiger partial charge < -0.3 is 10.1 Å². The Morgan fingerprint density at radius 3 is 2.83 bits per heavy atom. The van der Waals surface area contributed by atoms with E-state index in [1.54, 1.807) is 17.7 Å². The predicted octanol–water partition coefficient (Wildman–Crippen LogP) is 4.89. The van der Waals surface area contributed by atoms with Crippen LogP contribution in [0.2, 0.25) is 5.02 Å². The molecule has 6 nitrogen and oxygen atoms in total. The van der Waals surface area contributed by atoms with Gasteiger partial charge in [0.15, 0.2) is 5.69 Å². The summed E-state index contributed by atoms with van der Waals surface area (Å²) in [7, 11) is 0. The minimum absolute atomic E-state index is 0.275. The van der Waals surface area contributed by atoms with Gasteiger partial charge in [-0.2, -0.15) is 11.8 Å². The van der Waals surface area contributed by atoms with Crippen molar-refractivity contribution in [2.75, 3.05) is 18.5 Å². The second-order valence-electron chi connectivity index (χ2n) is 7.16. The number of para-hydroxylation sites is 1. The smallest absolute Gasteiger partial charge is 0.278 e. The number of halogens is 1. The Balaban J connectivity index is 1.43. The molecule has 1 aromatic heterocycles. The quantitative estimate of drug-likeness (QED) is 0.588. The van der Waals surface area contributed by atoms with E-state index in [0.717, 1.165) is 37.5 Å². The first-order valence-electron chi connectivity index (χ1n) is 9.88. The van der Waals surface area contributed by atoms with E-state index < -0.39 is 0 Å². The van der Waals surface area contributed by atoms with Crippen LogP contribution in [-0.2, 0) is 10.5 Å². The molecule has 0 spiro atoms. The van der Waals surface area contributed by atoms with Crippen LogP contribution in [0.3, 0.4) is 0 Å². The van der Waals surface area contributed by atoms with E-state index in [-0.39, 0.29) is 11.6 Å². The van der Waals surface area contributed by atoms with Gasteiger partial charge in [-0.25, -0.2) is 4.68 Å². The Morgan fingerprint density at radius 2 is 2.03 bits per heavy atom. The van der Waals surface area contributed by atoms with Crippen LogP contribution in [0, 0.1) is 6.92 Å². The average Bonchev–Trinajstić information content (AvgIpc) is 3.15. The molecule has 1 aliphatic heterocycles. The molecule has 1 aliphatic rings. The summed E-state index contributed by atoms with van der Waals surface area (Å²) in [6.07, 6.45) is 2.20. The molecule has 0 atom stereocenters. The van der Waals surface area contributed by atoms with E-state index in [9.17, 15) is 4.79 Å². The first-order chi connectivity index (χ1) is 14.6. The number of aromatic nitrogens is 3. The number of hydrogen-bond acceptors (Lipinski definition) is 5. The molecular weight excluding hydrogens is 420 g/mol. The summed E-state index contributed by atoms with van der Waals surface area (Å²) in [5.41, 5.74) is 3.52. The van der Waals surface area contributed by atoms with Crippen molar-refractivity contribution in [3.8, 4) is 5.69 Å². The average molecular weight is 443 g/mol. The molecule has 0 aliphatic carbocycles. The highest BCUT2D eigenvalue weighted by Gasteiger charge is 2.19. The molecule has 0 bridgehead atoms. The summed E-state index contributed by atoms with van der Waals surface area (Å²) in [5, 5.41) is 12.3. The van der Waals surface area contributed by atoms with Crippen molar-refractivity contribution >= 4 is 35.0 Å². The third-order valence-electron chi connectivity index (χ3n) is 5.03. The Kier molecular flexibility index (Phi) is 6.72. The number of carbonyl (C=O) groups excluding carboxylic acids is 1. The molecule has 2 aromatic carbocycles. The van der Waals surface area contributed by atoms with E-state index in [2.05, 4.69) is 21.7 Å². The molecule has 1 N–H and O–H groups in total. The van der Waals surface area contributed by atoms with Crippen LogP contribution in [0.25, 0.3) is 5.69 Å². The second-order valence-corrected chi connectivity index (χ2v) is 8.86. The van der Waals surface area contributed by atoms with Crippen molar-refractivity contribution in [1.29, 1.82) is 0 Å². The first-order valence-corrected chi connectivity index (χ1v) is 11.3. The van der Waals surface area contributed by atoms with Crippen molar-refractivity contribution in [2.45, 2.75) is 30.8 Å². The largest absolute Gasteiger partial charge is 0.381 e. The Hall–Kier alpha value is -2.35. The van der Waals surface area contributed by atoms with E-state index >= 15 is 0 Å². The summed E-state index contributed by atoms with van der Waals surface area (Å²) in [5.74, 6) is 0.621. The number of rotatable bonds is 6. The molecule has 4 rings (SSSR count). The SMILES string of the molecule is Cc1c(C(=O)Nc2cccc(CSC3CCOCC3)c2)nnn1-c1ccccc1Cl. The third-order valence-corrected chi connectivity index (χ3v) is 6.79. The van der Waals surface area contributed by atoms with Crippen LogP contribution < -0.4 is 5.32 Å². The summed E-state index contributed by atoms with van der Waals surface area (Å²) >= 11 is 8.20. The normalized spacial score (nSPS) is 14.6. The van der Waals surface area contributed by atoms with E-state index in [1.165, 1.54) is 5.56 Å². The molecule has 30 heavy (non-hydrogen) atoms. The molecule has 8 heteroatoms. The van der Waals surface area contributed by atoms with Gasteiger partial charge in [-0.15, -0.1) is 5.10 Å². The number of nitrogens with zero attached hydrogens (tertiary/aromatic N) is 3. The van der Waals surface area contributed by atoms with Gasteiger partial charge in [-0.1, -0.05) is 41.1 Å². The minimum atomic E-state index is -0.292. The molecule has 3 aromatic rings. The van der Waals surface area contributed by atoms with Gasteiger partial charge in [0.25, 0.3) is 5.91 Å². The van der Waals surface area contributed by atoms with Gasteiger partial charge in [0.1, 0.15) is 0 Å². The third kappa shape index (κ3) is 4.86. The molecule has 1 amide bonds. The number of amides is 1. The van der Waals surface area contributed by atoms with Crippen molar-refractivity contribution in [2.24, 2.45) is 0 Å². The molecule has 0 radical (unpaired) electrons. The van der Waals surface area contributed by atoms with Gasteiger partial charge in [0.05, 0.1) is 16.4 Å². The van der Waals surface area contributed by atoms with Crippen molar-refractivity contribution in [3.63, 3.8) is 0 Å². The van der Waals surface area contributed by atoms with Crippen LogP contribution in [-0.4, -0.2) is 39.4 Å². The molecule has 1 fully saturated rings.